The van der Waals surface area contributed by atoms with Crippen molar-refractivity contribution in [1.29, 1.82) is 0 Å². The first-order valence-corrected chi connectivity index (χ1v) is 11.2. The third-order valence-electron chi connectivity index (χ3n) is 5.37. The number of amides is 2. The Balaban J connectivity index is 1.79. The highest BCUT2D eigenvalue weighted by Crippen LogP contribution is 2.25. The number of nitrogens with one attached hydrogen (secondary N) is 1. The van der Waals surface area contributed by atoms with Crippen LogP contribution in [0.5, 0.6) is 5.75 Å². The molecule has 1 unspecified atom stereocenters. The van der Waals surface area contributed by atoms with Crippen LogP contribution < -0.4 is 10.1 Å². The van der Waals surface area contributed by atoms with Crippen molar-refractivity contribution in [3.8, 4) is 5.75 Å². The van der Waals surface area contributed by atoms with Gasteiger partial charge >= 0.3 is 0 Å². The van der Waals surface area contributed by atoms with Gasteiger partial charge in [0.2, 0.25) is 5.91 Å². The summed E-state index contributed by atoms with van der Waals surface area (Å²) in [5.74, 6) is 0.654. The van der Waals surface area contributed by atoms with Crippen molar-refractivity contribution >= 4 is 22.6 Å². The maximum atomic E-state index is 13.3. The highest BCUT2D eigenvalue weighted by molar-refractivity contribution is 5.90. The molecular weight excluding hydrogens is 400 g/mol. The number of carbonyl (C=O) groups is 2. The second kappa shape index (κ2) is 11.3. The van der Waals surface area contributed by atoms with E-state index in [2.05, 4.69) is 5.32 Å². The Morgan fingerprint density at radius 1 is 0.938 bits per heavy atom. The molecule has 168 valence electrons. The van der Waals surface area contributed by atoms with E-state index >= 15 is 0 Å². The molecule has 5 heteroatoms. The van der Waals surface area contributed by atoms with Gasteiger partial charge in [0.15, 0.2) is 6.61 Å². The van der Waals surface area contributed by atoms with E-state index in [1.54, 1.807) is 4.90 Å². The molecule has 1 N–H and O–H groups in total. The van der Waals surface area contributed by atoms with E-state index < -0.39 is 6.04 Å². The average molecular weight is 433 g/mol. The lowest BCUT2D eigenvalue weighted by molar-refractivity contribution is -0.143. The fourth-order valence-electron chi connectivity index (χ4n) is 3.67. The first-order valence-electron chi connectivity index (χ1n) is 11.2. The zero-order chi connectivity index (χ0) is 22.9. The van der Waals surface area contributed by atoms with Crippen molar-refractivity contribution in [2.45, 2.75) is 39.8 Å². The van der Waals surface area contributed by atoms with Crippen LogP contribution in [-0.4, -0.2) is 35.9 Å². The number of nitrogens with zero attached hydrogens (tertiary/aromatic N) is 1. The summed E-state index contributed by atoms with van der Waals surface area (Å²) in [6, 6.07) is 22.9. The zero-order valence-electron chi connectivity index (χ0n) is 19.1. The Kier molecular flexibility index (Phi) is 8.26. The molecule has 5 nitrogen and oxygen atoms in total. The maximum absolute atomic E-state index is 13.3. The molecule has 32 heavy (non-hydrogen) atoms. The van der Waals surface area contributed by atoms with E-state index in [-0.39, 0.29) is 18.4 Å². The molecule has 1 atom stereocenters. The number of benzene rings is 3. The fraction of sp³-hybridized carbons (Fsp3) is 0.333. The smallest absolute Gasteiger partial charge is 0.261 e. The lowest BCUT2D eigenvalue weighted by atomic mass is 10.1. The van der Waals surface area contributed by atoms with Crippen molar-refractivity contribution in [3.63, 3.8) is 0 Å². The van der Waals surface area contributed by atoms with Gasteiger partial charge in [-0.2, -0.15) is 0 Å². The highest BCUT2D eigenvalue weighted by atomic mass is 16.5. The minimum absolute atomic E-state index is 0.129. The van der Waals surface area contributed by atoms with Gasteiger partial charge in [-0.15, -0.1) is 0 Å². The van der Waals surface area contributed by atoms with Gasteiger partial charge in [-0.05, 0) is 29.4 Å². The average Bonchev–Trinajstić information content (AvgIpc) is 2.81. The van der Waals surface area contributed by atoms with Crippen molar-refractivity contribution < 1.29 is 14.3 Å². The summed E-state index contributed by atoms with van der Waals surface area (Å²) >= 11 is 0. The molecule has 0 aliphatic rings. The molecule has 0 aliphatic heterocycles. The van der Waals surface area contributed by atoms with Gasteiger partial charge < -0.3 is 15.0 Å². The maximum Gasteiger partial charge on any atom is 0.261 e. The molecule has 3 aromatic rings. The molecule has 0 bridgehead atoms. The van der Waals surface area contributed by atoms with E-state index in [4.69, 9.17) is 4.74 Å². The lowest BCUT2D eigenvalue weighted by Gasteiger charge is -2.31. The summed E-state index contributed by atoms with van der Waals surface area (Å²) in [5, 5.41) is 4.99. The van der Waals surface area contributed by atoms with Crippen LogP contribution >= 0.6 is 0 Å². The van der Waals surface area contributed by atoms with Crippen molar-refractivity contribution in [2.75, 3.05) is 13.2 Å². The molecule has 0 aromatic heterocycles. The van der Waals surface area contributed by atoms with Gasteiger partial charge in [0.05, 0.1) is 0 Å². The van der Waals surface area contributed by atoms with Crippen LogP contribution in [0.15, 0.2) is 72.8 Å². The Morgan fingerprint density at radius 2 is 1.62 bits per heavy atom. The molecular formula is C27H32N2O3. The Bertz CT molecular complexity index is 1030. The molecule has 0 heterocycles. The first-order chi connectivity index (χ1) is 15.5. The van der Waals surface area contributed by atoms with E-state index in [1.165, 1.54) is 0 Å². The molecule has 0 spiro atoms. The second-order valence-electron chi connectivity index (χ2n) is 8.34. The lowest BCUT2D eigenvalue weighted by Crippen LogP contribution is -2.50. The molecule has 0 radical (unpaired) electrons. The quantitative estimate of drug-likeness (QED) is 0.501. The third kappa shape index (κ3) is 6.10. The molecule has 0 saturated heterocycles. The molecule has 3 aromatic carbocycles. The minimum atomic E-state index is -0.558. The number of carbonyl (C=O) groups excluding carboxylic acids is 2. The molecule has 0 aliphatic carbocycles. The normalized spacial score (nSPS) is 11.9. The second-order valence-corrected chi connectivity index (χ2v) is 8.34. The largest absolute Gasteiger partial charge is 0.483 e. The summed E-state index contributed by atoms with van der Waals surface area (Å²) in [6.07, 6.45) is 0.525. The summed E-state index contributed by atoms with van der Waals surface area (Å²) < 4.78 is 5.95. The van der Waals surface area contributed by atoms with Crippen LogP contribution in [0.3, 0.4) is 0 Å². The van der Waals surface area contributed by atoms with Crippen LogP contribution in [0.2, 0.25) is 0 Å². The number of fused-ring (bicyclic) bond motifs is 1. The topological polar surface area (TPSA) is 58.6 Å². The van der Waals surface area contributed by atoms with Gasteiger partial charge in [0.25, 0.3) is 5.91 Å². The monoisotopic (exact) mass is 432 g/mol. The standard InChI is InChI=1S/C27H32N2O3/c1-4-24(27(31)28-17-20(2)3)29(18-21-11-6-5-7-12-21)26(30)19-32-25-16-10-14-22-13-8-9-15-23(22)25/h5-16,20,24H,4,17-19H2,1-3H3,(H,28,31). The number of hydrogen-bond acceptors (Lipinski definition) is 3. The number of hydrogen-bond donors (Lipinski definition) is 1. The molecule has 0 fully saturated rings. The van der Waals surface area contributed by atoms with Crippen LogP contribution in [0.25, 0.3) is 10.8 Å². The summed E-state index contributed by atoms with van der Waals surface area (Å²) in [7, 11) is 0. The van der Waals surface area contributed by atoms with Crippen LogP contribution in [0.4, 0.5) is 0 Å². The fourth-order valence-corrected chi connectivity index (χ4v) is 3.67. The SMILES string of the molecule is CCC(C(=O)NCC(C)C)N(Cc1ccccc1)C(=O)COc1cccc2ccccc12. The third-order valence-corrected chi connectivity index (χ3v) is 5.37. The minimum Gasteiger partial charge on any atom is -0.483 e. The Labute approximate surface area is 190 Å². The molecule has 3 rings (SSSR count). The van der Waals surface area contributed by atoms with Crippen LogP contribution in [0.1, 0.15) is 32.8 Å². The summed E-state index contributed by atoms with van der Waals surface area (Å²) in [4.78, 5) is 27.9. The molecule has 0 saturated carbocycles. The van der Waals surface area contributed by atoms with E-state index in [1.807, 2.05) is 93.6 Å². The van der Waals surface area contributed by atoms with Crippen LogP contribution in [-0.2, 0) is 16.1 Å². The van der Waals surface area contributed by atoms with E-state index in [0.717, 1.165) is 16.3 Å². The predicted octanol–water partition coefficient (Wildman–Crippen LogP) is 4.80. The van der Waals surface area contributed by atoms with Crippen molar-refractivity contribution in [3.05, 3.63) is 78.4 Å². The number of ether oxygens (including phenoxy) is 1. The van der Waals surface area contributed by atoms with Gasteiger partial charge in [0.1, 0.15) is 11.8 Å². The van der Waals surface area contributed by atoms with Gasteiger partial charge in [-0.25, -0.2) is 0 Å². The van der Waals surface area contributed by atoms with Gasteiger partial charge in [-0.3, -0.25) is 9.59 Å². The Morgan fingerprint density at radius 3 is 2.34 bits per heavy atom. The predicted molar refractivity (Wildman–Crippen MR) is 128 cm³/mol. The Hall–Kier alpha value is -3.34. The van der Waals surface area contributed by atoms with Crippen LogP contribution in [0, 0.1) is 5.92 Å². The van der Waals surface area contributed by atoms with E-state index in [0.29, 0.717) is 31.2 Å². The zero-order valence-corrected chi connectivity index (χ0v) is 19.1. The van der Waals surface area contributed by atoms with Gasteiger partial charge in [-0.1, -0.05) is 87.5 Å². The first kappa shape index (κ1) is 23.3. The van der Waals surface area contributed by atoms with E-state index in [9.17, 15) is 9.59 Å². The highest BCUT2D eigenvalue weighted by Gasteiger charge is 2.29. The van der Waals surface area contributed by atoms with Gasteiger partial charge in [0, 0.05) is 18.5 Å². The van der Waals surface area contributed by atoms with Crippen molar-refractivity contribution in [2.24, 2.45) is 5.92 Å². The molecule has 2 amide bonds. The summed E-state index contributed by atoms with van der Waals surface area (Å²) in [5.41, 5.74) is 0.973. The van der Waals surface area contributed by atoms with Crippen molar-refractivity contribution in [1.82, 2.24) is 10.2 Å². The summed E-state index contributed by atoms with van der Waals surface area (Å²) in [6.45, 7) is 6.82. The number of rotatable bonds is 10.